The standard InChI is InChI=1S/C7H3Br2FN2S/c1-2-3(8)6-7(12-13-11-6)4(9)5(2)10/h1H3. The van der Waals surface area contributed by atoms with Gasteiger partial charge in [0.2, 0.25) is 0 Å². The Balaban J connectivity index is 3.02. The van der Waals surface area contributed by atoms with Crippen LogP contribution in [0.15, 0.2) is 8.95 Å². The molecule has 0 spiro atoms. The maximum atomic E-state index is 13.5. The zero-order valence-corrected chi connectivity index (χ0v) is 10.4. The molecule has 1 heterocycles. The summed E-state index contributed by atoms with van der Waals surface area (Å²) in [4.78, 5) is 0. The Hall–Kier alpha value is -0.0700. The molecule has 0 bridgehead atoms. The molecule has 0 N–H and O–H groups in total. The van der Waals surface area contributed by atoms with Crippen LogP contribution in [0.4, 0.5) is 4.39 Å². The first-order valence-corrected chi connectivity index (χ1v) is 5.70. The highest BCUT2D eigenvalue weighted by Crippen LogP contribution is 2.34. The molecule has 13 heavy (non-hydrogen) atoms. The molecular weight excluding hydrogens is 323 g/mol. The van der Waals surface area contributed by atoms with Crippen molar-refractivity contribution in [1.29, 1.82) is 0 Å². The van der Waals surface area contributed by atoms with Crippen molar-refractivity contribution in [2.45, 2.75) is 6.92 Å². The predicted octanol–water partition coefficient (Wildman–Crippen LogP) is 3.66. The van der Waals surface area contributed by atoms with Crippen molar-refractivity contribution in [1.82, 2.24) is 8.75 Å². The molecule has 0 saturated carbocycles. The van der Waals surface area contributed by atoms with Gasteiger partial charge in [0, 0.05) is 5.56 Å². The smallest absolute Gasteiger partial charge is 0.143 e. The van der Waals surface area contributed by atoms with Crippen LogP contribution in [0.2, 0.25) is 0 Å². The van der Waals surface area contributed by atoms with Crippen molar-refractivity contribution >= 4 is 54.6 Å². The summed E-state index contributed by atoms with van der Waals surface area (Å²) in [5.74, 6) is -0.285. The van der Waals surface area contributed by atoms with Gasteiger partial charge in [-0.2, -0.15) is 8.75 Å². The summed E-state index contributed by atoms with van der Waals surface area (Å²) in [6.07, 6.45) is 0. The number of nitrogens with zero attached hydrogens (tertiary/aromatic N) is 2. The van der Waals surface area contributed by atoms with Crippen LogP contribution in [-0.4, -0.2) is 8.75 Å². The van der Waals surface area contributed by atoms with Crippen LogP contribution in [0.1, 0.15) is 5.56 Å². The molecule has 0 saturated heterocycles. The van der Waals surface area contributed by atoms with Gasteiger partial charge in [-0.25, -0.2) is 4.39 Å². The van der Waals surface area contributed by atoms with Gasteiger partial charge >= 0.3 is 0 Å². The maximum Gasteiger partial charge on any atom is 0.143 e. The monoisotopic (exact) mass is 324 g/mol. The second-order valence-electron chi connectivity index (χ2n) is 2.53. The minimum atomic E-state index is -0.285. The Labute approximate surface area is 94.7 Å². The van der Waals surface area contributed by atoms with Gasteiger partial charge in [0.25, 0.3) is 0 Å². The van der Waals surface area contributed by atoms with E-state index in [2.05, 4.69) is 40.6 Å². The van der Waals surface area contributed by atoms with Crippen molar-refractivity contribution in [3.63, 3.8) is 0 Å². The minimum absolute atomic E-state index is 0.285. The number of hydrogen-bond acceptors (Lipinski definition) is 3. The first kappa shape index (κ1) is 9.48. The fourth-order valence-corrected chi connectivity index (χ4v) is 2.84. The molecular formula is C7H3Br2FN2S. The SMILES string of the molecule is Cc1c(F)c(Br)c2nsnc2c1Br. The Morgan fingerprint density at radius 1 is 1.15 bits per heavy atom. The molecule has 1 aromatic heterocycles. The summed E-state index contributed by atoms with van der Waals surface area (Å²) in [5, 5.41) is 0. The van der Waals surface area contributed by atoms with E-state index in [-0.39, 0.29) is 5.82 Å². The number of rotatable bonds is 0. The number of halogens is 3. The van der Waals surface area contributed by atoms with Gasteiger partial charge in [-0.1, -0.05) is 0 Å². The van der Waals surface area contributed by atoms with Crippen LogP contribution in [-0.2, 0) is 0 Å². The van der Waals surface area contributed by atoms with E-state index in [9.17, 15) is 4.39 Å². The van der Waals surface area contributed by atoms with E-state index in [1.165, 1.54) is 0 Å². The molecule has 0 aliphatic heterocycles. The maximum absolute atomic E-state index is 13.5. The van der Waals surface area contributed by atoms with E-state index < -0.39 is 0 Å². The lowest BCUT2D eigenvalue weighted by Gasteiger charge is -2.02. The molecule has 2 rings (SSSR count). The summed E-state index contributed by atoms with van der Waals surface area (Å²) >= 11 is 7.51. The first-order chi connectivity index (χ1) is 6.13. The highest BCUT2D eigenvalue weighted by molar-refractivity contribution is 9.11. The lowest BCUT2D eigenvalue weighted by atomic mass is 10.2. The molecule has 68 valence electrons. The average Bonchev–Trinajstić information content (AvgIpc) is 2.59. The van der Waals surface area contributed by atoms with Gasteiger partial charge in [0.15, 0.2) is 0 Å². The Morgan fingerprint density at radius 2 is 1.69 bits per heavy atom. The van der Waals surface area contributed by atoms with E-state index in [1.54, 1.807) is 6.92 Å². The van der Waals surface area contributed by atoms with Crippen molar-refractivity contribution in [3.8, 4) is 0 Å². The second-order valence-corrected chi connectivity index (χ2v) is 4.64. The van der Waals surface area contributed by atoms with Crippen LogP contribution >= 0.6 is 43.6 Å². The van der Waals surface area contributed by atoms with Crippen LogP contribution in [0.3, 0.4) is 0 Å². The van der Waals surface area contributed by atoms with Crippen LogP contribution in [0, 0.1) is 12.7 Å². The summed E-state index contributed by atoms with van der Waals surface area (Å²) in [6.45, 7) is 1.70. The molecule has 0 atom stereocenters. The fraction of sp³-hybridized carbons (Fsp3) is 0.143. The van der Waals surface area contributed by atoms with Gasteiger partial charge in [-0.15, -0.1) is 0 Å². The minimum Gasteiger partial charge on any atom is -0.205 e. The molecule has 0 radical (unpaired) electrons. The summed E-state index contributed by atoms with van der Waals surface area (Å²) < 4.78 is 22.6. The third-order valence-corrected chi connectivity index (χ3v) is 3.98. The van der Waals surface area contributed by atoms with Crippen molar-refractivity contribution in [2.24, 2.45) is 0 Å². The largest absolute Gasteiger partial charge is 0.205 e. The lowest BCUT2D eigenvalue weighted by molar-refractivity contribution is 0.613. The van der Waals surface area contributed by atoms with Crippen molar-refractivity contribution in [2.75, 3.05) is 0 Å². The van der Waals surface area contributed by atoms with Crippen LogP contribution < -0.4 is 0 Å². The third kappa shape index (κ3) is 1.31. The average molecular weight is 326 g/mol. The molecule has 6 heteroatoms. The molecule has 2 aromatic rings. The summed E-state index contributed by atoms with van der Waals surface area (Å²) in [7, 11) is 0. The molecule has 0 amide bonds. The quantitative estimate of drug-likeness (QED) is 0.691. The Morgan fingerprint density at radius 3 is 2.31 bits per heavy atom. The Kier molecular flexibility index (Phi) is 2.37. The van der Waals surface area contributed by atoms with Gasteiger partial charge < -0.3 is 0 Å². The second kappa shape index (κ2) is 3.25. The molecule has 2 nitrogen and oxygen atoms in total. The topological polar surface area (TPSA) is 25.8 Å². The number of hydrogen-bond donors (Lipinski definition) is 0. The number of fused-ring (bicyclic) bond motifs is 1. The first-order valence-electron chi connectivity index (χ1n) is 3.38. The Bertz CT molecular complexity index is 441. The molecule has 0 aliphatic carbocycles. The third-order valence-electron chi connectivity index (χ3n) is 1.76. The molecule has 0 fully saturated rings. The van der Waals surface area contributed by atoms with E-state index in [0.29, 0.717) is 25.5 Å². The highest BCUT2D eigenvalue weighted by atomic mass is 79.9. The van der Waals surface area contributed by atoms with Crippen LogP contribution in [0.5, 0.6) is 0 Å². The molecule has 0 unspecified atom stereocenters. The van der Waals surface area contributed by atoms with E-state index in [4.69, 9.17) is 0 Å². The van der Waals surface area contributed by atoms with E-state index in [0.717, 1.165) is 11.7 Å². The fourth-order valence-electron chi connectivity index (χ4n) is 1.02. The van der Waals surface area contributed by atoms with Gasteiger partial charge in [-0.3, -0.25) is 0 Å². The zero-order valence-electron chi connectivity index (χ0n) is 6.44. The summed E-state index contributed by atoms with van der Waals surface area (Å²) in [5.41, 5.74) is 1.82. The van der Waals surface area contributed by atoms with Crippen LogP contribution in [0.25, 0.3) is 11.0 Å². The van der Waals surface area contributed by atoms with Crippen molar-refractivity contribution in [3.05, 3.63) is 20.3 Å². The number of benzene rings is 1. The normalized spacial score (nSPS) is 11.1. The van der Waals surface area contributed by atoms with E-state index in [1.807, 2.05) is 0 Å². The summed E-state index contributed by atoms with van der Waals surface area (Å²) in [6, 6.07) is 0. The highest BCUT2D eigenvalue weighted by Gasteiger charge is 2.16. The predicted molar refractivity (Wildman–Crippen MR) is 57.5 cm³/mol. The zero-order chi connectivity index (χ0) is 9.59. The lowest BCUT2D eigenvalue weighted by Crippen LogP contribution is -1.88. The van der Waals surface area contributed by atoms with Gasteiger partial charge in [-0.05, 0) is 38.8 Å². The van der Waals surface area contributed by atoms with Gasteiger partial charge in [0.1, 0.15) is 16.9 Å². The molecule has 1 aromatic carbocycles. The number of aromatic nitrogens is 2. The van der Waals surface area contributed by atoms with E-state index >= 15 is 0 Å². The molecule has 0 aliphatic rings. The van der Waals surface area contributed by atoms with Crippen molar-refractivity contribution < 1.29 is 4.39 Å². The van der Waals surface area contributed by atoms with Gasteiger partial charge in [0.05, 0.1) is 20.7 Å².